The van der Waals surface area contributed by atoms with Gasteiger partial charge in [-0.1, -0.05) is 0 Å². The Labute approximate surface area is 81.2 Å². The Morgan fingerprint density at radius 2 is 2.62 bits per heavy atom. The number of anilines is 1. The molecule has 3 nitrogen and oxygen atoms in total. The fraction of sp³-hybridized carbons (Fsp3) is 0.444. The molecule has 70 valence electrons. The van der Waals surface area contributed by atoms with Crippen LogP contribution in [0.15, 0.2) is 16.8 Å². The lowest BCUT2D eigenvalue weighted by Crippen LogP contribution is -2.24. The molecule has 13 heavy (non-hydrogen) atoms. The van der Waals surface area contributed by atoms with Gasteiger partial charge in [0.05, 0.1) is 11.6 Å². The van der Waals surface area contributed by atoms with Crippen LogP contribution >= 0.6 is 11.3 Å². The van der Waals surface area contributed by atoms with Crippen LogP contribution in [0.3, 0.4) is 0 Å². The maximum Gasteiger partial charge on any atom is 0.228 e. The highest BCUT2D eigenvalue weighted by Crippen LogP contribution is 2.15. The second-order valence-corrected chi connectivity index (χ2v) is 3.97. The zero-order valence-corrected chi connectivity index (χ0v) is 8.06. The van der Waals surface area contributed by atoms with E-state index in [1.54, 1.807) is 11.3 Å². The number of rotatable bonds is 2. The van der Waals surface area contributed by atoms with Gasteiger partial charge in [0.15, 0.2) is 0 Å². The van der Waals surface area contributed by atoms with Gasteiger partial charge in [-0.15, -0.1) is 0 Å². The largest absolute Gasteiger partial charge is 0.325 e. The van der Waals surface area contributed by atoms with Gasteiger partial charge in [-0.25, -0.2) is 0 Å². The molecule has 4 heteroatoms. The first-order chi connectivity index (χ1) is 6.36. The van der Waals surface area contributed by atoms with Crippen LogP contribution in [0.4, 0.5) is 5.69 Å². The zero-order chi connectivity index (χ0) is 9.10. The van der Waals surface area contributed by atoms with Crippen molar-refractivity contribution in [3.63, 3.8) is 0 Å². The van der Waals surface area contributed by atoms with Crippen LogP contribution in [0.1, 0.15) is 6.42 Å². The van der Waals surface area contributed by atoms with E-state index in [2.05, 4.69) is 10.6 Å². The van der Waals surface area contributed by atoms with Crippen molar-refractivity contribution in [1.29, 1.82) is 0 Å². The van der Waals surface area contributed by atoms with Crippen LogP contribution in [-0.2, 0) is 4.79 Å². The summed E-state index contributed by atoms with van der Waals surface area (Å²) in [6.45, 7) is 1.78. The molecule has 0 aliphatic carbocycles. The molecule has 1 aromatic heterocycles. The Morgan fingerprint density at radius 3 is 3.23 bits per heavy atom. The molecule has 2 N–H and O–H groups in total. The Hall–Kier alpha value is -0.870. The molecule has 0 bridgehead atoms. The Morgan fingerprint density at radius 1 is 1.69 bits per heavy atom. The number of carbonyl (C=O) groups is 1. The standard InChI is InChI=1S/C9H12N2OS/c12-9(7-1-3-10-5-7)11-8-2-4-13-6-8/h2,4,6-7,10H,1,3,5H2,(H,11,12)/t7-/m0/s1. The van der Waals surface area contributed by atoms with Gasteiger partial charge < -0.3 is 10.6 Å². The summed E-state index contributed by atoms with van der Waals surface area (Å²) in [6, 6.07) is 1.92. The lowest BCUT2D eigenvalue weighted by atomic mass is 10.1. The van der Waals surface area contributed by atoms with E-state index in [1.165, 1.54) is 0 Å². The average molecular weight is 196 g/mol. The van der Waals surface area contributed by atoms with E-state index in [1.807, 2.05) is 16.8 Å². The van der Waals surface area contributed by atoms with Crippen LogP contribution in [0.25, 0.3) is 0 Å². The minimum Gasteiger partial charge on any atom is -0.325 e. The predicted molar refractivity (Wildman–Crippen MR) is 53.9 cm³/mol. The van der Waals surface area contributed by atoms with Gasteiger partial charge in [-0.3, -0.25) is 4.79 Å². The first-order valence-corrected chi connectivity index (χ1v) is 5.34. The predicted octanol–water partition coefficient (Wildman–Crippen LogP) is 1.30. The van der Waals surface area contributed by atoms with E-state index < -0.39 is 0 Å². The quantitative estimate of drug-likeness (QED) is 0.748. The third kappa shape index (κ3) is 2.08. The van der Waals surface area contributed by atoms with Crippen LogP contribution in [0, 0.1) is 5.92 Å². The van der Waals surface area contributed by atoms with Crippen LogP contribution in [0.5, 0.6) is 0 Å². The summed E-state index contributed by atoms with van der Waals surface area (Å²) in [5.74, 6) is 0.295. The highest BCUT2D eigenvalue weighted by atomic mass is 32.1. The van der Waals surface area contributed by atoms with Crippen molar-refractivity contribution in [2.75, 3.05) is 18.4 Å². The molecule has 0 radical (unpaired) electrons. The highest BCUT2D eigenvalue weighted by Gasteiger charge is 2.22. The smallest absolute Gasteiger partial charge is 0.228 e. The molecule has 1 amide bonds. The fourth-order valence-corrected chi connectivity index (χ4v) is 2.05. The van der Waals surface area contributed by atoms with Crippen molar-refractivity contribution in [2.45, 2.75) is 6.42 Å². The van der Waals surface area contributed by atoms with Crippen molar-refractivity contribution in [2.24, 2.45) is 5.92 Å². The van der Waals surface area contributed by atoms with Gasteiger partial charge in [0.1, 0.15) is 0 Å². The van der Waals surface area contributed by atoms with Crippen LogP contribution < -0.4 is 10.6 Å². The second-order valence-electron chi connectivity index (χ2n) is 3.19. The topological polar surface area (TPSA) is 41.1 Å². The van der Waals surface area contributed by atoms with Crippen molar-refractivity contribution in [1.82, 2.24) is 5.32 Å². The summed E-state index contributed by atoms with van der Waals surface area (Å²) in [6.07, 6.45) is 0.954. The lowest BCUT2D eigenvalue weighted by Gasteiger charge is -2.07. The third-order valence-electron chi connectivity index (χ3n) is 2.22. The number of hydrogen-bond acceptors (Lipinski definition) is 3. The number of hydrogen-bond donors (Lipinski definition) is 2. The molecule has 1 atom stereocenters. The van der Waals surface area contributed by atoms with Crippen molar-refractivity contribution >= 4 is 22.9 Å². The van der Waals surface area contributed by atoms with Crippen molar-refractivity contribution in [3.05, 3.63) is 16.8 Å². The van der Waals surface area contributed by atoms with E-state index in [9.17, 15) is 4.79 Å². The van der Waals surface area contributed by atoms with Gasteiger partial charge in [0, 0.05) is 11.9 Å². The molecule has 2 rings (SSSR count). The number of nitrogens with one attached hydrogen (secondary N) is 2. The Balaban J connectivity index is 1.91. The van der Waals surface area contributed by atoms with Crippen molar-refractivity contribution < 1.29 is 4.79 Å². The van der Waals surface area contributed by atoms with E-state index >= 15 is 0 Å². The first kappa shape index (κ1) is 8.72. The zero-order valence-electron chi connectivity index (χ0n) is 7.25. The normalized spacial score (nSPS) is 21.7. The summed E-state index contributed by atoms with van der Waals surface area (Å²) in [7, 11) is 0. The molecule has 0 aromatic carbocycles. The average Bonchev–Trinajstić information content (AvgIpc) is 2.74. The molecule has 1 fully saturated rings. The summed E-state index contributed by atoms with van der Waals surface area (Å²) in [5, 5.41) is 9.98. The summed E-state index contributed by atoms with van der Waals surface area (Å²) in [5.41, 5.74) is 0.918. The minimum absolute atomic E-state index is 0.142. The monoisotopic (exact) mass is 196 g/mol. The van der Waals surface area contributed by atoms with Gasteiger partial charge in [-0.05, 0) is 24.4 Å². The maximum absolute atomic E-state index is 11.6. The van der Waals surface area contributed by atoms with Gasteiger partial charge in [0.25, 0.3) is 0 Å². The number of carbonyl (C=O) groups excluding carboxylic acids is 1. The minimum atomic E-state index is 0.142. The molecule has 1 saturated heterocycles. The molecule has 0 unspecified atom stereocenters. The SMILES string of the molecule is O=C(Nc1ccsc1)[C@H]1CCNC1. The summed E-state index contributed by atoms with van der Waals surface area (Å²) in [4.78, 5) is 11.6. The first-order valence-electron chi connectivity index (χ1n) is 4.40. The molecule has 1 aliphatic rings. The molecular formula is C9H12N2OS. The number of amides is 1. The van der Waals surface area contributed by atoms with Crippen molar-refractivity contribution in [3.8, 4) is 0 Å². The molecule has 1 aromatic rings. The van der Waals surface area contributed by atoms with Crippen LogP contribution in [0.2, 0.25) is 0 Å². The second kappa shape index (κ2) is 3.89. The maximum atomic E-state index is 11.6. The molecule has 1 aliphatic heterocycles. The van der Waals surface area contributed by atoms with E-state index in [0.717, 1.165) is 25.2 Å². The van der Waals surface area contributed by atoms with Gasteiger partial charge in [0.2, 0.25) is 5.91 Å². The molecule has 2 heterocycles. The lowest BCUT2D eigenvalue weighted by molar-refractivity contribution is -0.119. The summed E-state index contributed by atoms with van der Waals surface area (Å²) < 4.78 is 0. The van der Waals surface area contributed by atoms with E-state index in [4.69, 9.17) is 0 Å². The van der Waals surface area contributed by atoms with E-state index in [0.29, 0.717) is 0 Å². The van der Waals surface area contributed by atoms with Gasteiger partial charge >= 0.3 is 0 Å². The Kier molecular flexibility index (Phi) is 2.61. The molecule has 0 spiro atoms. The van der Waals surface area contributed by atoms with Gasteiger partial charge in [-0.2, -0.15) is 11.3 Å². The fourth-order valence-electron chi connectivity index (χ4n) is 1.46. The van der Waals surface area contributed by atoms with Crippen LogP contribution in [-0.4, -0.2) is 19.0 Å². The summed E-state index contributed by atoms with van der Waals surface area (Å²) >= 11 is 1.59. The molecule has 0 saturated carbocycles. The molecular weight excluding hydrogens is 184 g/mol. The Bertz CT molecular complexity index is 278. The highest BCUT2D eigenvalue weighted by molar-refractivity contribution is 7.08. The third-order valence-corrected chi connectivity index (χ3v) is 2.90. The van der Waals surface area contributed by atoms with E-state index in [-0.39, 0.29) is 11.8 Å². The number of thiophene rings is 1.